The number of furan rings is 1. The third-order valence-corrected chi connectivity index (χ3v) is 6.74. The van der Waals surface area contributed by atoms with Crippen LogP contribution in [0.2, 0.25) is 10.0 Å². The maximum absolute atomic E-state index is 12.7. The van der Waals surface area contributed by atoms with E-state index in [1.807, 2.05) is 31.2 Å². The van der Waals surface area contributed by atoms with Crippen molar-refractivity contribution < 1.29 is 9.21 Å². The van der Waals surface area contributed by atoms with E-state index in [1.165, 1.54) is 24.5 Å². The molecule has 3 aromatic carbocycles. The Labute approximate surface area is 230 Å². The minimum atomic E-state index is -0.287. The van der Waals surface area contributed by atoms with Gasteiger partial charge in [0, 0.05) is 22.3 Å². The van der Waals surface area contributed by atoms with Crippen LogP contribution in [0.3, 0.4) is 0 Å². The predicted octanol–water partition coefficient (Wildman–Crippen LogP) is 8.29. The molecule has 0 aliphatic carbocycles. The van der Waals surface area contributed by atoms with Crippen LogP contribution in [0.25, 0.3) is 34.1 Å². The number of halogens is 2. The second-order valence-corrected chi connectivity index (χ2v) is 9.91. The Morgan fingerprint density at radius 3 is 2.50 bits per heavy atom. The highest BCUT2D eigenvalue weighted by atomic mass is 35.5. The van der Waals surface area contributed by atoms with Crippen LogP contribution in [0.4, 0.5) is 5.69 Å². The molecule has 2 heterocycles. The van der Waals surface area contributed by atoms with Crippen LogP contribution in [-0.2, 0) is 11.2 Å². The Morgan fingerprint density at radius 2 is 1.76 bits per heavy atom. The van der Waals surface area contributed by atoms with Crippen molar-refractivity contribution in [2.75, 3.05) is 5.32 Å². The molecule has 38 heavy (non-hydrogen) atoms. The fraction of sp³-hybridized carbons (Fsp3) is 0.167. The van der Waals surface area contributed by atoms with E-state index < -0.39 is 0 Å². The van der Waals surface area contributed by atoms with Crippen molar-refractivity contribution in [2.24, 2.45) is 0 Å². The molecular weight excluding hydrogens is 519 g/mol. The summed E-state index contributed by atoms with van der Waals surface area (Å²) in [6.45, 7) is 4.12. The molecule has 1 N–H and O–H groups in total. The van der Waals surface area contributed by atoms with Crippen molar-refractivity contribution in [3.8, 4) is 17.0 Å². The summed E-state index contributed by atoms with van der Waals surface area (Å²) < 4.78 is 5.83. The smallest absolute Gasteiger partial charge is 0.248 e. The maximum Gasteiger partial charge on any atom is 0.248 e. The fourth-order valence-electron chi connectivity index (χ4n) is 4.10. The summed E-state index contributed by atoms with van der Waals surface area (Å²) in [7, 11) is 0. The number of amides is 1. The van der Waals surface area contributed by atoms with E-state index in [0.29, 0.717) is 32.8 Å². The number of anilines is 1. The number of nitrogens with one attached hydrogen (secondary N) is 1. The molecule has 6 nitrogen and oxygen atoms in total. The van der Waals surface area contributed by atoms with Gasteiger partial charge in [0.1, 0.15) is 22.6 Å². The molecule has 0 aliphatic heterocycles. The fourth-order valence-corrected chi connectivity index (χ4v) is 4.61. The van der Waals surface area contributed by atoms with E-state index in [0.717, 1.165) is 28.8 Å². The molecule has 0 unspecified atom stereocenters. The topological polar surface area (TPSA) is 73.0 Å². The minimum absolute atomic E-state index is 0.287. The van der Waals surface area contributed by atoms with Crippen LogP contribution in [0, 0.1) is 6.92 Å². The summed E-state index contributed by atoms with van der Waals surface area (Å²) in [5, 5.41) is 13.2. The van der Waals surface area contributed by atoms with Gasteiger partial charge < -0.3 is 9.73 Å². The Hall–Kier alpha value is -3.87. The molecular formula is C30H26Cl2N4O2. The van der Waals surface area contributed by atoms with Gasteiger partial charge in [0.05, 0.1) is 10.7 Å². The van der Waals surface area contributed by atoms with E-state index in [1.54, 1.807) is 41.2 Å². The zero-order chi connectivity index (χ0) is 26.6. The van der Waals surface area contributed by atoms with Gasteiger partial charge in [-0.3, -0.25) is 4.79 Å². The van der Waals surface area contributed by atoms with E-state index in [2.05, 4.69) is 34.6 Å². The molecule has 192 valence electrons. The standard InChI is InChI=1S/C30H26Cl2N4O2/c1-3-4-5-20-6-9-22(10-7-20)36-34-27-16-19(2)26(18-28(27)35-36)33-30(37)15-12-23-11-14-29(38-23)24-13-8-21(31)17-25(24)32/h6-18H,3-5H2,1-2H3,(H,33,37)/b15-12+. The SMILES string of the molecule is CCCCc1ccc(-n2nc3cc(C)c(NC(=O)/C=C/c4ccc(-c5ccc(Cl)cc5Cl)o4)cc3n2)cc1. The molecule has 2 aromatic heterocycles. The minimum Gasteiger partial charge on any atom is -0.457 e. The van der Waals surface area contributed by atoms with Gasteiger partial charge in [0.2, 0.25) is 5.91 Å². The summed E-state index contributed by atoms with van der Waals surface area (Å²) in [5.41, 5.74) is 5.94. The Morgan fingerprint density at radius 1 is 1.00 bits per heavy atom. The lowest BCUT2D eigenvalue weighted by atomic mass is 10.1. The zero-order valence-corrected chi connectivity index (χ0v) is 22.6. The number of rotatable bonds is 8. The average molecular weight is 545 g/mol. The van der Waals surface area contributed by atoms with Crippen LogP contribution >= 0.6 is 23.2 Å². The number of benzene rings is 3. The molecule has 0 fully saturated rings. The summed E-state index contributed by atoms with van der Waals surface area (Å²) >= 11 is 12.2. The van der Waals surface area contributed by atoms with Crippen molar-refractivity contribution in [3.05, 3.63) is 99.7 Å². The molecule has 0 radical (unpaired) electrons. The van der Waals surface area contributed by atoms with Crippen LogP contribution in [0.15, 0.2) is 77.2 Å². The molecule has 0 spiro atoms. The van der Waals surface area contributed by atoms with Crippen molar-refractivity contribution in [3.63, 3.8) is 0 Å². The summed E-state index contributed by atoms with van der Waals surface area (Å²) in [5.74, 6) is 0.827. The second kappa shape index (κ2) is 11.3. The van der Waals surface area contributed by atoms with Crippen molar-refractivity contribution in [2.45, 2.75) is 33.1 Å². The molecule has 0 atom stereocenters. The molecule has 1 amide bonds. The number of carbonyl (C=O) groups excluding carboxylic acids is 1. The lowest BCUT2D eigenvalue weighted by molar-refractivity contribution is -0.111. The number of aromatic nitrogens is 3. The second-order valence-electron chi connectivity index (χ2n) is 9.06. The Kier molecular flexibility index (Phi) is 7.63. The predicted molar refractivity (Wildman–Crippen MR) is 154 cm³/mol. The van der Waals surface area contributed by atoms with Crippen molar-refractivity contribution in [1.29, 1.82) is 0 Å². The first kappa shape index (κ1) is 25.8. The number of hydrogen-bond acceptors (Lipinski definition) is 4. The van der Waals surface area contributed by atoms with Gasteiger partial charge in [-0.25, -0.2) is 0 Å². The van der Waals surface area contributed by atoms with Crippen LogP contribution < -0.4 is 5.32 Å². The number of nitrogens with zero attached hydrogens (tertiary/aromatic N) is 3. The first-order chi connectivity index (χ1) is 18.4. The average Bonchev–Trinajstić information content (AvgIpc) is 3.54. The van der Waals surface area contributed by atoms with Gasteiger partial charge in [0.25, 0.3) is 0 Å². The number of unbranched alkanes of at least 4 members (excludes halogenated alkanes) is 1. The lowest BCUT2D eigenvalue weighted by Gasteiger charge is -2.05. The van der Waals surface area contributed by atoms with Gasteiger partial charge in [0.15, 0.2) is 0 Å². The van der Waals surface area contributed by atoms with Gasteiger partial charge in [-0.05, 0) is 91.6 Å². The Bertz CT molecular complexity index is 1630. The van der Waals surface area contributed by atoms with E-state index in [-0.39, 0.29) is 5.91 Å². The lowest BCUT2D eigenvalue weighted by Crippen LogP contribution is -2.08. The van der Waals surface area contributed by atoms with Crippen LogP contribution in [-0.4, -0.2) is 20.9 Å². The maximum atomic E-state index is 12.7. The molecule has 0 saturated heterocycles. The zero-order valence-electron chi connectivity index (χ0n) is 21.0. The quantitative estimate of drug-likeness (QED) is 0.199. The number of hydrogen-bond donors (Lipinski definition) is 1. The van der Waals surface area contributed by atoms with Crippen molar-refractivity contribution in [1.82, 2.24) is 15.0 Å². The van der Waals surface area contributed by atoms with Crippen LogP contribution in [0.1, 0.15) is 36.7 Å². The summed E-state index contributed by atoms with van der Waals surface area (Å²) in [6, 6.07) is 20.8. The molecule has 0 saturated carbocycles. The first-order valence-corrected chi connectivity index (χ1v) is 13.2. The molecule has 5 aromatic rings. The van der Waals surface area contributed by atoms with Crippen molar-refractivity contribution >= 4 is 51.9 Å². The van der Waals surface area contributed by atoms with E-state index in [9.17, 15) is 4.79 Å². The van der Waals surface area contributed by atoms with Gasteiger partial charge in [-0.1, -0.05) is 48.7 Å². The third-order valence-electron chi connectivity index (χ3n) is 6.19. The van der Waals surface area contributed by atoms with E-state index >= 15 is 0 Å². The molecule has 5 rings (SSSR count). The van der Waals surface area contributed by atoms with Gasteiger partial charge in [-0.15, -0.1) is 10.2 Å². The van der Waals surface area contributed by atoms with Gasteiger partial charge >= 0.3 is 0 Å². The number of fused-ring (bicyclic) bond motifs is 1. The molecule has 8 heteroatoms. The highest BCUT2D eigenvalue weighted by Crippen LogP contribution is 2.32. The van der Waals surface area contributed by atoms with Gasteiger partial charge in [-0.2, -0.15) is 4.80 Å². The molecule has 0 aliphatic rings. The monoisotopic (exact) mass is 544 g/mol. The van der Waals surface area contributed by atoms with E-state index in [4.69, 9.17) is 27.6 Å². The Balaban J connectivity index is 1.28. The molecule has 0 bridgehead atoms. The summed E-state index contributed by atoms with van der Waals surface area (Å²) in [4.78, 5) is 14.3. The first-order valence-electron chi connectivity index (χ1n) is 12.4. The highest BCUT2D eigenvalue weighted by Gasteiger charge is 2.11. The largest absolute Gasteiger partial charge is 0.457 e. The highest BCUT2D eigenvalue weighted by molar-refractivity contribution is 6.36. The normalized spacial score (nSPS) is 11.5. The number of aryl methyl sites for hydroxylation is 2. The summed E-state index contributed by atoms with van der Waals surface area (Å²) in [6.07, 6.45) is 6.45. The third kappa shape index (κ3) is 5.82. The number of carbonyl (C=O) groups is 1. The van der Waals surface area contributed by atoms with Crippen LogP contribution in [0.5, 0.6) is 0 Å².